The van der Waals surface area contributed by atoms with Gasteiger partial charge < -0.3 is 10.1 Å². The van der Waals surface area contributed by atoms with Gasteiger partial charge in [-0.15, -0.1) is 0 Å². The Morgan fingerprint density at radius 3 is 2.38 bits per heavy atom. The van der Waals surface area contributed by atoms with Gasteiger partial charge in [0, 0.05) is 18.7 Å². The molecule has 0 bridgehead atoms. The van der Waals surface area contributed by atoms with Crippen LogP contribution in [0.25, 0.3) is 0 Å². The van der Waals surface area contributed by atoms with Gasteiger partial charge >= 0.3 is 0 Å². The molecule has 80 valence electrons. The first-order valence-corrected chi connectivity index (χ1v) is 5.54. The fourth-order valence-corrected chi connectivity index (χ4v) is 1.42. The molecule has 0 heterocycles. The fourth-order valence-electron chi connectivity index (χ4n) is 1.42. The molecule has 0 aliphatic heterocycles. The van der Waals surface area contributed by atoms with Crippen LogP contribution in [0.1, 0.15) is 47.0 Å². The summed E-state index contributed by atoms with van der Waals surface area (Å²) in [4.78, 5) is 0. The normalized spacial score (nSPS) is 15.7. The maximum Gasteiger partial charge on any atom is 0.0616 e. The quantitative estimate of drug-likeness (QED) is 0.630. The van der Waals surface area contributed by atoms with E-state index in [2.05, 4.69) is 26.1 Å². The van der Waals surface area contributed by atoms with E-state index in [9.17, 15) is 0 Å². The second-order valence-corrected chi connectivity index (χ2v) is 3.77. The summed E-state index contributed by atoms with van der Waals surface area (Å²) >= 11 is 0. The highest BCUT2D eigenvalue weighted by molar-refractivity contribution is 4.66. The number of unbranched alkanes of at least 4 members (excludes halogenated alkanes) is 1. The smallest absolute Gasteiger partial charge is 0.0616 e. The van der Waals surface area contributed by atoms with Gasteiger partial charge in [-0.1, -0.05) is 19.8 Å². The lowest BCUT2D eigenvalue weighted by Gasteiger charge is -2.19. The third kappa shape index (κ3) is 8.26. The van der Waals surface area contributed by atoms with E-state index < -0.39 is 0 Å². The summed E-state index contributed by atoms with van der Waals surface area (Å²) in [5, 5.41) is 3.52. The summed E-state index contributed by atoms with van der Waals surface area (Å²) < 4.78 is 5.34. The summed E-state index contributed by atoms with van der Waals surface area (Å²) in [7, 11) is 0. The number of nitrogens with one attached hydrogen (secondary N) is 1. The van der Waals surface area contributed by atoms with E-state index in [1.807, 2.05) is 6.92 Å². The number of ether oxygens (including phenoxy) is 1. The van der Waals surface area contributed by atoms with Gasteiger partial charge in [0.25, 0.3) is 0 Å². The fraction of sp³-hybridized carbons (Fsp3) is 1.00. The van der Waals surface area contributed by atoms with Gasteiger partial charge in [-0.25, -0.2) is 0 Å². The Kier molecular flexibility index (Phi) is 8.46. The molecular weight excluding hydrogens is 162 g/mol. The van der Waals surface area contributed by atoms with Gasteiger partial charge in [0.05, 0.1) is 6.61 Å². The standard InChI is InChI=1S/C11H25NO/c1-5-7-8-10(3)12-11(4)9-13-6-2/h10-12H,5-9H2,1-4H3. The van der Waals surface area contributed by atoms with Gasteiger partial charge in [-0.3, -0.25) is 0 Å². The zero-order chi connectivity index (χ0) is 10.1. The molecule has 0 saturated heterocycles. The lowest BCUT2D eigenvalue weighted by molar-refractivity contribution is 0.123. The second-order valence-electron chi connectivity index (χ2n) is 3.77. The molecule has 13 heavy (non-hydrogen) atoms. The van der Waals surface area contributed by atoms with Gasteiger partial charge in [0.2, 0.25) is 0 Å². The molecule has 0 rings (SSSR count). The first kappa shape index (κ1) is 12.9. The average molecular weight is 187 g/mol. The first-order valence-electron chi connectivity index (χ1n) is 5.54. The van der Waals surface area contributed by atoms with Gasteiger partial charge in [-0.05, 0) is 27.2 Å². The third-order valence-corrected chi connectivity index (χ3v) is 2.13. The largest absolute Gasteiger partial charge is 0.380 e. The number of hydrogen-bond donors (Lipinski definition) is 1. The summed E-state index contributed by atoms with van der Waals surface area (Å²) in [5.41, 5.74) is 0. The molecule has 2 nitrogen and oxygen atoms in total. The van der Waals surface area contributed by atoms with E-state index in [1.54, 1.807) is 0 Å². The Labute approximate surface area is 83.1 Å². The zero-order valence-corrected chi connectivity index (χ0v) is 9.60. The molecule has 0 aliphatic rings. The van der Waals surface area contributed by atoms with Crippen LogP contribution in [0.4, 0.5) is 0 Å². The van der Waals surface area contributed by atoms with Gasteiger partial charge in [-0.2, -0.15) is 0 Å². The van der Waals surface area contributed by atoms with Crippen molar-refractivity contribution in [3.63, 3.8) is 0 Å². The Hall–Kier alpha value is -0.0800. The molecule has 0 amide bonds. The van der Waals surface area contributed by atoms with E-state index in [0.717, 1.165) is 13.2 Å². The van der Waals surface area contributed by atoms with Crippen molar-refractivity contribution in [2.24, 2.45) is 0 Å². The van der Waals surface area contributed by atoms with Crippen molar-refractivity contribution >= 4 is 0 Å². The summed E-state index contributed by atoms with van der Waals surface area (Å²) in [6, 6.07) is 1.10. The molecule has 2 atom stereocenters. The van der Waals surface area contributed by atoms with Crippen LogP contribution in [0.15, 0.2) is 0 Å². The van der Waals surface area contributed by atoms with E-state index in [-0.39, 0.29) is 0 Å². The lowest BCUT2D eigenvalue weighted by Crippen LogP contribution is -2.37. The highest BCUT2D eigenvalue weighted by Crippen LogP contribution is 2.00. The van der Waals surface area contributed by atoms with Crippen LogP contribution >= 0.6 is 0 Å². The van der Waals surface area contributed by atoms with E-state index >= 15 is 0 Å². The summed E-state index contributed by atoms with van der Waals surface area (Å²) in [6.07, 6.45) is 3.87. The van der Waals surface area contributed by atoms with Crippen molar-refractivity contribution in [1.29, 1.82) is 0 Å². The lowest BCUT2D eigenvalue weighted by atomic mass is 10.1. The van der Waals surface area contributed by atoms with Crippen LogP contribution in [0, 0.1) is 0 Å². The molecule has 0 radical (unpaired) electrons. The third-order valence-electron chi connectivity index (χ3n) is 2.13. The van der Waals surface area contributed by atoms with Crippen molar-refractivity contribution in [2.75, 3.05) is 13.2 Å². The van der Waals surface area contributed by atoms with Crippen LogP contribution in [0.5, 0.6) is 0 Å². The van der Waals surface area contributed by atoms with Crippen molar-refractivity contribution < 1.29 is 4.74 Å². The molecule has 0 fully saturated rings. The maximum absolute atomic E-state index is 5.34. The van der Waals surface area contributed by atoms with Crippen molar-refractivity contribution in [2.45, 2.75) is 59.0 Å². The van der Waals surface area contributed by atoms with E-state index in [1.165, 1.54) is 19.3 Å². The predicted octanol–water partition coefficient (Wildman–Crippen LogP) is 2.58. The minimum Gasteiger partial charge on any atom is -0.380 e. The molecule has 2 unspecified atom stereocenters. The zero-order valence-electron chi connectivity index (χ0n) is 9.60. The Balaban J connectivity index is 3.35. The number of hydrogen-bond acceptors (Lipinski definition) is 2. The van der Waals surface area contributed by atoms with Crippen LogP contribution in [0.3, 0.4) is 0 Å². The van der Waals surface area contributed by atoms with Crippen molar-refractivity contribution in [1.82, 2.24) is 5.32 Å². The van der Waals surface area contributed by atoms with E-state index in [4.69, 9.17) is 4.74 Å². The minimum atomic E-state index is 0.479. The van der Waals surface area contributed by atoms with Crippen molar-refractivity contribution in [3.05, 3.63) is 0 Å². The molecule has 0 aromatic rings. The minimum absolute atomic E-state index is 0.479. The van der Waals surface area contributed by atoms with E-state index in [0.29, 0.717) is 12.1 Å². The molecule has 0 saturated carbocycles. The molecule has 0 aromatic heterocycles. The monoisotopic (exact) mass is 187 g/mol. The van der Waals surface area contributed by atoms with Crippen LogP contribution < -0.4 is 5.32 Å². The predicted molar refractivity (Wildman–Crippen MR) is 58.1 cm³/mol. The van der Waals surface area contributed by atoms with Crippen molar-refractivity contribution in [3.8, 4) is 0 Å². The van der Waals surface area contributed by atoms with Gasteiger partial charge in [0.15, 0.2) is 0 Å². The molecule has 0 aromatic carbocycles. The molecule has 2 heteroatoms. The summed E-state index contributed by atoms with van der Waals surface area (Å²) in [5.74, 6) is 0. The topological polar surface area (TPSA) is 21.3 Å². The van der Waals surface area contributed by atoms with Crippen LogP contribution in [-0.2, 0) is 4.74 Å². The molecule has 1 N–H and O–H groups in total. The average Bonchev–Trinajstić information content (AvgIpc) is 2.11. The molecule has 0 aliphatic carbocycles. The Morgan fingerprint density at radius 2 is 1.85 bits per heavy atom. The SMILES string of the molecule is CCCCC(C)NC(C)COCC. The van der Waals surface area contributed by atoms with Gasteiger partial charge in [0.1, 0.15) is 0 Å². The Bertz CT molecular complexity index is 94.3. The Morgan fingerprint density at radius 1 is 1.15 bits per heavy atom. The highest BCUT2D eigenvalue weighted by Gasteiger charge is 2.05. The van der Waals surface area contributed by atoms with Crippen LogP contribution in [0.2, 0.25) is 0 Å². The molecular formula is C11H25NO. The molecule has 0 spiro atoms. The second kappa shape index (κ2) is 8.52. The summed E-state index contributed by atoms with van der Waals surface area (Å²) in [6.45, 7) is 10.3. The highest BCUT2D eigenvalue weighted by atomic mass is 16.5. The maximum atomic E-state index is 5.34. The van der Waals surface area contributed by atoms with Crippen LogP contribution in [-0.4, -0.2) is 25.3 Å². The first-order chi connectivity index (χ1) is 6.20. The number of rotatable bonds is 8.